The van der Waals surface area contributed by atoms with Crippen LogP contribution in [0.1, 0.15) is 17.0 Å². The average molecular weight is 390 g/mol. The smallest absolute Gasteiger partial charge is 0.236 e. The molecule has 0 aromatic heterocycles. The molecule has 0 atom stereocenters. The number of hydrogen-bond donors (Lipinski definition) is 1. The van der Waals surface area contributed by atoms with Crippen LogP contribution in [0.3, 0.4) is 0 Å². The van der Waals surface area contributed by atoms with Gasteiger partial charge < -0.3 is 15.0 Å². The highest BCUT2D eigenvalue weighted by molar-refractivity contribution is 6.00. The highest BCUT2D eigenvalue weighted by atomic mass is 19.1. The molecule has 0 spiro atoms. The minimum Gasteiger partial charge on any atom is -0.378 e. The van der Waals surface area contributed by atoms with Crippen molar-refractivity contribution >= 4 is 17.3 Å². The highest BCUT2D eigenvalue weighted by Gasteiger charge is 2.24. The summed E-state index contributed by atoms with van der Waals surface area (Å²) in [7, 11) is 0. The van der Waals surface area contributed by atoms with Crippen molar-refractivity contribution in [3.05, 3.63) is 95.8 Å². The second-order valence-electron chi connectivity index (χ2n) is 7.00. The summed E-state index contributed by atoms with van der Waals surface area (Å²) in [4.78, 5) is 15.5. The predicted molar refractivity (Wildman–Crippen MR) is 113 cm³/mol. The molecule has 0 saturated carbocycles. The Labute approximate surface area is 169 Å². The fraction of sp³-hybridized carbons (Fsp3) is 0.208. The van der Waals surface area contributed by atoms with Crippen LogP contribution in [-0.4, -0.2) is 32.2 Å². The fourth-order valence-corrected chi connectivity index (χ4v) is 3.68. The number of rotatable bonds is 5. The van der Waals surface area contributed by atoms with E-state index in [9.17, 15) is 9.18 Å². The quantitative estimate of drug-likeness (QED) is 0.701. The van der Waals surface area contributed by atoms with Crippen LogP contribution in [-0.2, 0) is 9.53 Å². The molecule has 0 radical (unpaired) electrons. The zero-order chi connectivity index (χ0) is 20.1. The third kappa shape index (κ3) is 4.46. The number of carbonyl (C=O) groups excluding carboxylic acids is 1. The largest absolute Gasteiger partial charge is 0.378 e. The molecule has 5 heteroatoms. The third-order valence-electron chi connectivity index (χ3n) is 5.10. The van der Waals surface area contributed by atoms with Crippen molar-refractivity contribution in [2.24, 2.45) is 0 Å². The van der Waals surface area contributed by atoms with Crippen LogP contribution in [0.5, 0.6) is 0 Å². The molecule has 148 valence electrons. The maximum Gasteiger partial charge on any atom is 0.236 e. The molecule has 1 fully saturated rings. The lowest BCUT2D eigenvalue weighted by molar-refractivity contribution is -0.116. The SMILES string of the molecule is O=C(Nc1cc(F)ccc1N1CCOCC1)C(c1ccccc1)c1ccccc1. The monoisotopic (exact) mass is 390 g/mol. The van der Waals surface area contributed by atoms with Crippen LogP contribution >= 0.6 is 0 Å². The third-order valence-corrected chi connectivity index (χ3v) is 5.10. The normalized spacial score (nSPS) is 14.1. The molecular formula is C24H23FN2O2. The van der Waals surface area contributed by atoms with Gasteiger partial charge in [-0.1, -0.05) is 60.7 Å². The summed E-state index contributed by atoms with van der Waals surface area (Å²) in [5, 5.41) is 2.98. The van der Waals surface area contributed by atoms with Gasteiger partial charge >= 0.3 is 0 Å². The maximum absolute atomic E-state index is 14.0. The molecule has 0 unspecified atom stereocenters. The van der Waals surface area contributed by atoms with Crippen molar-refractivity contribution in [3.63, 3.8) is 0 Å². The topological polar surface area (TPSA) is 41.6 Å². The van der Waals surface area contributed by atoms with E-state index >= 15 is 0 Å². The van der Waals surface area contributed by atoms with Gasteiger partial charge in [-0.25, -0.2) is 4.39 Å². The first-order valence-corrected chi connectivity index (χ1v) is 9.75. The zero-order valence-electron chi connectivity index (χ0n) is 16.1. The molecule has 3 aromatic rings. The summed E-state index contributed by atoms with van der Waals surface area (Å²) in [6, 6.07) is 23.8. The molecule has 1 heterocycles. The summed E-state index contributed by atoms with van der Waals surface area (Å²) in [6.07, 6.45) is 0. The van der Waals surface area contributed by atoms with Gasteiger partial charge in [-0.3, -0.25) is 4.79 Å². The van der Waals surface area contributed by atoms with E-state index in [1.54, 1.807) is 6.07 Å². The number of hydrogen-bond acceptors (Lipinski definition) is 3. The van der Waals surface area contributed by atoms with Gasteiger partial charge in [-0.05, 0) is 29.3 Å². The second-order valence-corrected chi connectivity index (χ2v) is 7.00. The highest BCUT2D eigenvalue weighted by Crippen LogP contribution is 2.31. The first kappa shape index (κ1) is 19.2. The minimum atomic E-state index is -0.488. The Morgan fingerprint density at radius 1 is 0.897 bits per heavy atom. The van der Waals surface area contributed by atoms with E-state index in [1.165, 1.54) is 12.1 Å². The van der Waals surface area contributed by atoms with Gasteiger partial charge in [0, 0.05) is 13.1 Å². The molecule has 4 nitrogen and oxygen atoms in total. The number of benzene rings is 3. The van der Waals surface area contributed by atoms with E-state index in [1.807, 2.05) is 60.7 Å². The van der Waals surface area contributed by atoms with E-state index < -0.39 is 5.92 Å². The fourth-order valence-electron chi connectivity index (χ4n) is 3.68. The van der Waals surface area contributed by atoms with E-state index in [4.69, 9.17) is 4.74 Å². The number of nitrogens with zero attached hydrogens (tertiary/aromatic N) is 1. The lowest BCUT2D eigenvalue weighted by atomic mass is 9.90. The van der Waals surface area contributed by atoms with Crippen LogP contribution in [0, 0.1) is 5.82 Å². The number of nitrogens with one attached hydrogen (secondary N) is 1. The Kier molecular flexibility index (Phi) is 5.86. The Balaban J connectivity index is 1.67. The van der Waals surface area contributed by atoms with Crippen LogP contribution in [0.2, 0.25) is 0 Å². The van der Waals surface area contributed by atoms with Crippen LogP contribution < -0.4 is 10.2 Å². The summed E-state index contributed by atoms with van der Waals surface area (Å²) in [6.45, 7) is 2.63. The summed E-state index contributed by atoms with van der Waals surface area (Å²) >= 11 is 0. The number of carbonyl (C=O) groups is 1. The molecule has 1 saturated heterocycles. The van der Waals surface area contributed by atoms with Crippen LogP contribution in [0.25, 0.3) is 0 Å². The molecule has 1 N–H and O–H groups in total. The molecule has 29 heavy (non-hydrogen) atoms. The average Bonchev–Trinajstić information content (AvgIpc) is 2.76. The van der Waals surface area contributed by atoms with Gasteiger partial charge in [0.05, 0.1) is 30.5 Å². The Morgan fingerprint density at radius 2 is 1.48 bits per heavy atom. The molecule has 1 aliphatic heterocycles. The van der Waals surface area contributed by atoms with E-state index in [-0.39, 0.29) is 11.7 Å². The second kappa shape index (κ2) is 8.88. The molecule has 4 rings (SSSR count). The van der Waals surface area contributed by atoms with Gasteiger partial charge in [-0.2, -0.15) is 0 Å². The number of halogens is 1. The summed E-state index contributed by atoms with van der Waals surface area (Å²) < 4.78 is 19.4. The Hall–Kier alpha value is -3.18. The Bertz CT molecular complexity index is 918. The number of anilines is 2. The standard InChI is InChI=1S/C24H23FN2O2/c25-20-11-12-22(27-13-15-29-16-14-27)21(17-20)26-24(28)23(18-7-3-1-4-8-18)19-9-5-2-6-10-19/h1-12,17,23H,13-16H2,(H,26,28). The molecule has 1 amide bonds. The van der Waals surface area contributed by atoms with E-state index in [2.05, 4.69) is 10.2 Å². The van der Waals surface area contributed by atoms with Crippen molar-refractivity contribution in [3.8, 4) is 0 Å². The van der Waals surface area contributed by atoms with Gasteiger partial charge in [0.25, 0.3) is 0 Å². The van der Waals surface area contributed by atoms with Crippen LogP contribution in [0.4, 0.5) is 15.8 Å². The lowest BCUT2D eigenvalue weighted by Gasteiger charge is -2.31. The summed E-state index contributed by atoms with van der Waals surface area (Å²) in [5.41, 5.74) is 3.07. The van der Waals surface area contributed by atoms with Crippen molar-refractivity contribution in [1.29, 1.82) is 0 Å². The van der Waals surface area contributed by atoms with Crippen molar-refractivity contribution in [1.82, 2.24) is 0 Å². The first-order chi connectivity index (χ1) is 14.2. The number of ether oxygens (including phenoxy) is 1. The molecule has 0 bridgehead atoms. The minimum absolute atomic E-state index is 0.192. The zero-order valence-corrected chi connectivity index (χ0v) is 16.1. The van der Waals surface area contributed by atoms with Gasteiger partial charge in [-0.15, -0.1) is 0 Å². The molecule has 0 aliphatic carbocycles. The molecular weight excluding hydrogens is 367 g/mol. The van der Waals surface area contributed by atoms with Gasteiger partial charge in [0.15, 0.2) is 0 Å². The number of morpholine rings is 1. The van der Waals surface area contributed by atoms with Gasteiger partial charge in [0.1, 0.15) is 5.82 Å². The maximum atomic E-state index is 14.0. The van der Waals surface area contributed by atoms with Gasteiger partial charge in [0.2, 0.25) is 5.91 Å². The first-order valence-electron chi connectivity index (χ1n) is 9.75. The summed E-state index contributed by atoms with van der Waals surface area (Å²) in [5.74, 6) is -1.06. The predicted octanol–water partition coefficient (Wildman–Crippen LogP) is 4.43. The number of amides is 1. The molecule has 3 aromatic carbocycles. The van der Waals surface area contributed by atoms with E-state index in [0.717, 1.165) is 16.8 Å². The Morgan fingerprint density at radius 3 is 2.07 bits per heavy atom. The van der Waals surface area contributed by atoms with Crippen molar-refractivity contribution in [2.45, 2.75) is 5.92 Å². The van der Waals surface area contributed by atoms with E-state index in [0.29, 0.717) is 32.0 Å². The van der Waals surface area contributed by atoms with Crippen LogP contribution in [0.15, 0.2) is 78.9 Å². The van der Waals surface area contributed by atoms with Crippen molar-refractivity contribution < 1.29 is 13.9 Å². The van der Waals surface area contributed by atoms with Crippen molar-refractivity contribution in [2.75, 3.05) is 36.5 Å². The molecule has 1 aliphatic rings. The lowest BCUT2D eigenvalue weighted by Crippen LogP contribution is -2.37.